The van der Waals surface area contributed by atoms with Gasteiger partial charge in [-0.15, -0.1) is 10.2 Å². The Morgan fingerprint density at radius 3 is 2.62 bits per heavy atom. The van der Waals surface area contributed by atoms with E-state index in [9.17, 15) is 9.18 Å². The highest BCUT2D eigenvalue weighted by Crippen LogP contribution is 2.31. The van der Waals surface area contributed by atoms with Crippen LogP contribution in [0.3, 0.4) is 0 Å². The molecule has 2 heterocycles. The summed E-state index contributed by atoms with van der Waals surface area (Å²) in [5, 5.41) is 14.4. The molecule has 2 aromatic heterocycles. The molecule has 0 bridgehead atoms. The summed E-state index contributed by atoms with van der Waals surface area (Å²) in [6.45, 7) is 5.39. The van der Waals surface area contributed by atoms with Crippen molar-refractivity contribution < 1.29 is 18.7 Å². The minimum absolute atomic E-state index is 0.0279. The minimum Gasteiger partial charge on any atom is -0.483 e. The van der Waals surface area contributed by atoms with Crippen molar-refractivity contribution in [3.05, 3.63) is 78.4 Å². The zero-order valence-electron chi connectivity index (χ0n) is 22.1. The number of aryl methyl sites for hydroxylation is 1. The Balaban J connectivity index is 1.30. The lowest BCUT2D eigenvalue weighted by atomic mass is 10.1. The molecule has 0 saturated carbocycles. The number of para-hydroxylation sites is 2. The van der Waals surface area contributed by atoms with Gasteiger partial charge in [-0.25, -0.2) is 4.39 Å². The molecule has 0 saturated heterocycles. The molecule has 0 spiro atoms. The van der Waals surface area contributed by atoms with Gasteiger partial charge >= 0.3 is 0 Å². The fourth-order valence-electron chi connectivity index (χ4n) is 4.77. The van der Waals surface area contributed by atoms with Gasteiger partial charge in [0, 0.05) is 41.1 Å². The first-order valence-electron chi connectivity index (χ1n) is 12.7. The number of nitrogens with one attached hydrogen (secondary N) is 1. The van der Waals surface area contributed by atoms with E-state index < -0.39 is 5.82 Å². The summed E-state index contributed by atoms with van der Waals surface area (Å²) in [5.41, 5.74) is 3.05. The van der Waals surface area contributed by atoms with Gasteiger partial charge in [0.2, 0.25) is 5.91 Å². The number of ether oxygens (including phenoxy) is 2. The number of nitrogens with zero attached hydrogens (tertiary/aromatic N) is 4. The maximum absolute atomic E-state index is 14.0. The van der Waals surface area contributed by atoms with Gasteiger partial charge in [-0.05, 0) is 50.2 Å². The van der Waals surface area contributed by atoms with Gasteiger partial charge in [-0.2, -0.15) is 0 Å². The molecule has 1 N–H and O–H groups in total. The average molecular weight is 548 g/mol. The van der Waals surface area contributed by atoms with Crippen LogP contribution in [0.5, 0.6) is 5.75 Å². The molecule has 3 aromatic carbocycles. The Kier molecular flexibility index (Phi) is 8.13. The molecule has 0 fully saturated rings. The first-order valence-corrected chi connectivity index (χ1v) is 13.7. The molecule has 39 heavy (non-hydrogen) atoms. The van der Waals surface area contributed by atoms with Crippen LogP contribution in [0.1, 0.15) is 25.7 Å². The Bertz CT molecular complexity index is 1620. The fraction of sp³-hybridized carbons (Fsp3) is 0.276. The van der Waals surface area contributed by atoms with Crippen molar-refractivity contribution in [3.8, 4) is 5.75 Å². The van der Waals surface area contributed by atoms with Gasteiger partial charge in [0.1, 0.15) is 6.61 Å². The van der Waals surface area contributed by atoms with Crippen molar-refractivity contribution in [2.45, 2.75) is 38.2 Å². The lowest BCUT2D eigenvalue weighted by Crippen LogP contribution is -2.18. The van der Waals surface area contributed by atoms with E-state index in [4.69, 9.17) is 9.47 Å². The quantitative estimate of drug-likeness (QED) is 0.202. The Morgan fingerprint density at radius 1 is 1.05 bits per heavy atom. The zero-order chi connectivity index (χ0) is 27.4. The largest absolute Gasteiger partial charge is 0.483 e. The van der Waals surface area contributed by atoms with Crippen molar-refractivity contribution in [3.63, 3.8) is 0 Å². The third-order valence-electron chi connectivity index (χ3n) is 6.48. The molecule has 0 radical (unpaired) electrons. The smallest absolute Gasteiger partial charge is 0.234 e. The third-order valence-corrected chi connectivity index (χ3v) is 7.42. The number of hydrogen-bond acceptors (Lipinski definition) is 6. The predicted molar refractivity (Wildman–Crippen MR) is 152 cm³/mol. The van der Waals surface area contributed by atoms with E-state index >= 15 is 0 Å². The number of carbonyl (C=O) groups excluding carboxylic acids is 1. The molecule has 0 aliphatic rings. The van der Waals surface area contributed by atoms with E-state index in [0.29, 0.717) is 17.6 Å². The van der Waals surface area contributed by atoms with Crippen LogP contribution in [0.4, 0.5) is 10.1 Å². The van der Waals surface area contributed by atoms with Crippen LogP contribution >= 0.6 is 11.8 Å². The van der Waals surface area contributed by atoms with E-state index in [1.165, 1.54) is 23.3 Å². The summed E-state index contributed by atoms with van der Waals surface area (Å²) in [6, 6.07) is 20.4. The predicted octanol–water partition coefficient (Wildman–Crippen LogP) is 6.06. The molecule has 5 aromatic rings. The second-order valence-corrected chi connectivity index (χ2v) is 10.1. The molecule has 0 aliphatic carbocycles. The summed E-state index contributed by atoms with van der Waals surface area (Å²) in [7, 11) is 1.62. The summed E-state index contributed by atoms with van der Waals surface area (Å²) in [4.78, 5) is 12.9. The first kappa shape index (κ1) is 26.7. The second-order valence-electron chi connectivity index (χ2n) is 9.12. The van der Waals surface area contributed by atoms with Crippen molar-refractivity contribution >= 4 is 45.2 Å². The van der Waals surface area contributed by atoms with E-state index in [-0.39, 0.29) is 30.1 Å². The topological polar surface area (TPSA) is 83.2 Å². The van der Waals surface area contributed by atoms with Gasteiger partial charge in [0.15, 0.2) is 22.5 Å². The molecule has 1 amide bonds. The number of hydrogen-bond donors (Lipinski definition) is 1. The zero-order valence-corrected chi connectivity index (χ0v) is 22.9. The number of carbonyl (C=O) groups is 1. The number of halogens is 1. The maximum Gasteiger partial charge on any atom is 0.234 e. The average Bonchev–Trinajstić information content (AvgIpc) is 3.50. The number of benzene rings is 3. The standard InChI is InChI=1S/C29H30FN5O3S/c1-4-34-24-11-7-5-9-21(24)22-15-20(13-14-25(22)34)31-28(36)18-39-29-33-32-27(35(29)19(2)16-37-3)17-38-26-12-8-6-10-23(26)30/h5-15,19H,4,16-18H2,1-3H3,(H,31,36). The van der Waals surface area contributed by atoms with Gasteiger partial charge in [-0.1, -0.05) is 42.1 Å². The van der Waals surface area contributed by atoms with E-state index in [1.54, 1.807) is 25.3 Å². The summed E-state index contributed by atoms with van der Waals surface area (Å²) in [5.74, 6) is 0.192. The number of thioether (sulfide) groups is 1. The molecule has 1 unspecified atom stereocenters. The number of rotatable bonds is 11. The van der Waals surface area contributed by atoms with Gasteiger partial charge in [0.05, 0.1) is 18.4 Å². The van der Waals surface area contributed by atoms with E-state index in [0.717, 1.165) is 28.5 Å². The van der Waals surface area contributed by atoms with Crippen LogP contribution in [-0.2, 0) is 22.7 Å². The van der Waals surface area contributed by atoms with Crippen molar-refractivity contribution in [1.82, 2.24) is 19.3 Å². The molecule has 0 aliphatic heterocycles. The third kappa shape index (κ3) is 5.62. The van der Waals surface area contributed by atoms with Gasteiger partial charge < -0.3 is 19.4 Å². The number of amides is 1. The lowest BCUT2D eigenvalue weighted by molar-refractivity contribution is -0.113. The molecule has 1 atom stereocenters. The van der Waals surface area contributed by atoms with Crippen LogP contribution in [0, 0.1) is 5.82 Å². The van der Waals surface area contributed by atoms with Crippen molar-refractivity contribution in [2.24, 2.45) is 0 Å². The highest BCUT2D eigenvalue weighted by molar-refractivity contribution is 7.99. The highest BCUT2D eigenvalue weighted by Gasteiger charge is 2.20. The van der Waals surface area contributed by atoms with Crippen molar-refractivity contribution in [1.29, 1.82) is 0 Å². The molecular formula is C29H30FN5O3S. The SMILES string of the molecule is CCn1c2ccccc2c2cc(NC(=O)CSc3nnc(COc4ccccc4F)n3C(C)COC)ccc21. The number of methoxy groups -OCH3 is 1. The second kappa shape index (κ2) is 11.9. The van der Waals surface area contributed by atoms with Crippen LogP contribution in [0.2, 0.25) is 0 Å². The Labute approximate surface area is 230 Å². The molecule has 8 nitrogen and oxygen atoms in total. The highest BCUT2D eigenvalue weighted by atomic mass is 32.2. The van der Waals surface area contributed by atoms with Crippen LogP contribution < -0.4 is 10.1 Å². The van der Waals surface area contributed by atoms with Crippen LogP contribution in [-0.4, -0.2) is 44.7 Å². The fourth-order valence-corrected chi connectivity index (χ4v) is 5.62. The van der Waals surface area contributed by atoms with Gasteiger partial charge in [-0.3, -0.25) is 9.36 Å². The van der Waals surface area contributed by atoms with Crippen LogP contribution in [0.15, 0.2) is 71.9 Å². The van der Waals surface area contributed by atoms with Crippen molar-refractivity contribution in [2.75, 3.05) is 24.8 Å². The Hall–Kier alpha value is -3.89. The lowest BCUT2D eigenvalue weighted by Gasteiger charge is -2.17. The molecule has 202 valence electrons. The minimum atomic E-state index is -0.447. The summed E-state index contributed by atoms with van der Waals surface area (Å²) in [6.07, 6.45) is 0. The monoisotopic (exact) mass is 547 g/mol. The molecular weight excluding hydrogens is 517 g/mol. The number of aromatic nitrogens is 4. The first-order chi connectivity index (χ1) is 19.0. The van der Waals surface area contributed by atoms with E-state index in [2.05, 4.69) is 39.1 Å². The number of anilines is 1. The summed E-state index contributed by atoms with van der Waals surface area (Å²) >= 11 is 1.28. The normalized spacial score (nSPS) is 12.2. The van der Waals surface area contributed by atoms with E-state index in [1.807, 2.05) is 41.8 Å². The molecule has 10 heteroatoms. The van der Waals surface area contributed by atoms with Gasteiger partial charge in [0.25, 0.3) is 0 Å². The molecule has 5 rings (SSSR count). The van der Waals surface area contributed by atoms with Crippen LogP contribution in [0.25, 0.3) is 21.8 Å². The summed E-state index contributed by atoms with van der Waals surface area (Å²) < 4.78 is 29.1. The Morgan fingerprint density at radius 2 is 1.82 bits per heavy atom. The maximum atomic E-state index is 14.0. The number of fused-ring (bicyclic) bond motifs is 3.